The molecule has 0 amide bonds. The molecule has 2 aromatic heterocycles. The zero-order valence-corrected chi connectivity index (χ0v) is 15.9. The molecule has 0 atom stereocenters. The number of aromatic nitrogens is 3. The highest BCUT2D eigenvalue weighted by atomic mass is 32.3. The minimum atomic E-state index is -2.40. The van der Waals surface area contributed by atoms with E-state index < -0.39 is 10.6 Å². The number of hydrogen-bond acceptors (Lipinski definition) is 7. The first-order valence-corrected chi connectivity index (χ1v) is 10.9. The summed E-state index contributed by atoms with van der Waals surface area (Å²) in [4.78, 5) is 9.84. The van der Waals surface area contributed by atoms with Crippen LogP contribution in [-0.4, -0.2) is 53.7 Å². The van der Waals surface area contributed by atoms with Gasteiger partial charge in [-0.3, -0.25) is 9.11 Å². The van der Waals surface area contributed by atoms with Gasteiger partial charge in [0.25, 0.3) is 0 Å². The Bertz CT molecular complexity index is 854. The minimum absolute atomic E-state index is 0.187. The van der Waals surface area contributed by atoms with Gasteiger partial charge in [-0.1, -0.05) is 5.16 Å². The summed E-state index contributed by atoms with van der Waals surface area (Å²) in [7, 11) is -2.40. The second-order valence-electron chi connectivity index (χ2n) is 6.90. The van der Waals surface area contributed by atoms with E-state index in [9.17, 15) is 9.11 Å². The monoisotopic (exact) mass is 379 g/mol. The predicted molar refractivity (Wildman–Crippen MR) is 104 cm³/mol. The Morgan fingerprint density at radius 2 is 2.12 bits per heavy atom. The number of rotatable bonds is 4. The number of nitrogens with one attached hydrogen (secondary N) is 1. The normalized spacial score (nSPS) is 21.5. The van der Waals surface area contributed by atoms with Gasteiger partial charge in [-0.25, -0.2) is 9.67 Å². The van der Waals surface area contributed by atoms with Crippen LogP contribution in [0.25, 0.3) is 11.0 Å². The molecule has 0 bridgehead atoms. The van der Waals surface area contributed by atoms with Crippen LogP contribution >= 0.6 is 10.6 Å². The Labute approximate surface area is 154 Å². The van der Waals surface area contributed by atoms with Crippen LogP contribution in [0, 0.1) is 6.92 Å². The number of pyridine rings is 1. The topological polar surface area (TPSA) is 105 Å². The van der Waals surface area contributed by atoms with Gasteiger partial charge < -0.3 is 10.2 Å². The van der Waals surface area contributed by atoms with E-state index in [0.29, 0.717) is 18.1 Å². The molecular weight excluding hydrogens is 354 g/mol. The van der Waals surface area contributed by atoms with Crippen LogP contribution in [-0.2, 0) is 11.4 Å². The highest BCUT2D eigenvalue weighted by molar-refractivity contribution is 8.24. The minimum Gasteiger partial charge on any atom is -0.395 e. The molecule has 9 heteroatoms. The van der Waals surface area contributed by atoms with E-state index in [0.717, 1.165) is 59.5 Å². The van der Waals surface area contributed by atoms with Crippen molar-refractivity contribution in [1.82, 2.24) is 14.8 Å². The van der Waals surface area contributed by atoms with Crippen LogP contribution in [0.1, 0.15) is 37.4 Å². The fraction of sp³-hybridized carbons (Fsp3) is 0.588. The van der Waals surface area contributed by atoms with Crippen molar-refractivity contribution in [3.63, 3.8) is 0 Å². The molecule has 2 aliphatic heterocycles. The van der Waals surface area contributed by atoms with Crippen LogP contribution in [0.5, 0.6) is 0 Å². The summed E-state index contributed by atoms with van der Waals surface area (Å²) in [5, 5.41) is 13.5. The van der Waals surface area contributed by atoms with Crippen molar-refractivity contribution in [2.24, 2.45) is 5.16 Å². The third kappa shape index (κ3) is 3.15. The number of anilines is 1. The van der Waals surface area contributed by atoms with Crippen LogP contribution in [0.15, 0.2) is 11.4 Å². The number of fused-ring (bicyclic) bond motifs is 1. The quantitative estimate of drug-likeness (QED) is 0.753. The third-order valence-electron chi connectivity index (χ3n) is 5.09. The van der Waals surface area contributed by atoms with Gasteiger partial charge in [-0.15, -0.1) is 0 Å². The average molecular weight is 379 g/mol. The molecule has 142 valence electrons. The van der Waals surface area contributed by atoms with Crippen molar-refractivity contribution in [2.45, 2.75) is 45.7 Å². The number of hydrogen-bond donors (Lipinski definition) is 3. The van der Waals surface area contributed by atoms with Gasteiger partial charge in [0.1, 0.15) is 6.61 Å². The lowest BCUT2D eigenvalue weighted by Gasteiger charge is -2.39. The first-order chi connectivity index (χ1) is 12.5. The van der Waals surface area contributed by atoms with E-state index >= 15 is 0 Å². The largest absolute Gasteiger partial charge is 0.395 e. The van der Waals surface area contributed by atoms with Gasteiger partial charge >= 0.3 is 0 Å². The summed E-state index contributed by atoms with van der Waals surface area (Å²) >= 11 is 0. The molecule has 0 aromatic carbocycles. The van der Waals surface area contributed by atoms with Gasteiger partial charge in [0.15, 0.2) is 5.65 Å². The lowest BCUT2D eigenvalue weighted by Crippen LogP contribution is -2.31. The van der Waals surface area contributed by atoms with Crippen molar-refractivity contribution in [2.75, 3.05) is 23.4 Å². The molecule has 26 heavy (non-hydrogen) atoms. The van der Waals surface area contributed by atoms with E-state index in [-0.39, 0.29) is 6.04 Å². The maximum absolute atomic E-state index is 9.89. The highest BCUT2D eigenvalue weighted by Crippen LogP contribution is 2.45. The molecule has 8 nitrogen and oxygen atoms in total. The Kier molecular flexibility index (Phi) is 4.54. The first-order valence-electron chi connectivity index (χ1n) is 9.04. The lowest BCUT2D eigenvalue weighted by atomic mass is 10.0. The molecule has 0 radical (unpaired) electrons. The summed E-state index contributed by atoms with van der Waals surface area (Å²) in [5.74, 6) is 0.900. The maximum Gasteiger partial charge on any atom is 0.160 e. The molecule has 1 fully saturated rings. The summed E-state index contributed by atoms with van der Waals surface area (Å²) in [5.41, 5.74) is 4.62. The molecular formula is C17H25N5O3S. The SMILES string of the molecule is CCn1nc(C)c2c(NC3CCS(O)(O)CC3)c(C3=NOCC3)cnc21. The van der Waals surface area contributed by atoms with Crippen LogP contribution in [0.3, 0.4) is 0 Å². The Hall–Kier alpha value is -1.84. The van der Waals surface area contributed by atoms with E-state index in [1.165, 1.54) is 0 Å². The molecule has 1 saturated heterocycles. The summed E-state index contributed by atoms with van der Waals surface area (Å²) in [6.07, 6.45) is 4.07. The Morgan fingerprint density at radius 3 is 2.77 bits per heavy atom. The van der Waals surface area contributed by atoms with E-state index in [2.05, 4.69) is 27.5 Å². The van der Waals surface area contributed by atoms with Crippen molar-refractivity contribution in [3.8, 4) is 0 Å². The summed E-state index contributed by atoms with van der Waals surface area (Å²) < 4.78 is 21.7. The molecule has 4 rings (SSSR count). The smallest absolute Gasteiger partial charge is 0.160 e. The molecule has 3 N–H and O–H groups in total. The molecule has 2 aliphatic rings. The van der Waals surface area contributed by atoms with Gasteiger partial charge in [-0.05, 0) is 26.7 Å². The van der Waals surface area contributed by atoms with Gasteiger partial charge in [0.05, 0.1) is 22.5 Å². The first kappa shape index (κ1) is 17.6. The average Bonchev–Trinajstić information content (AvgIpc) is 3.25. The van der Waals surface area contributed by atoms with E-state index in [1.54, 1.807) is 0 Å². The third-order valence-corrected chi connectivity index (χ3v) is 6.87. The van der Waals surface area contributed by atoms with Crippen molar-refractivity contribution >= 4 is 33.0 Å². The Balaban J connectivity index is 1.76. The summed E-state index contributed by atoms with van der Waals surface area (Å²) in [6.45, 7) is 5.39. The fourth-order valence-electron chi connectivity index (χ4n) is 3.66. The lowest BCUT2D eigenvalue weighted by molar-refractivity contribution is 0.174. The number of aryl methyl sites for hydroxylation is 2. The van der Waals surface area contributed by atoms with E-state index in [4.69, 9.17) is 4.84 Å². The molecule has 0 unspecified atom stereocenters. The molecule has 2 aromatic rings. The molecule has 4 heterocycles. The standard InChI is InChI=1S/C17H25N5O3S/c1-3-22-17-15(11(2)20-22)16(13(10-18-17)14-4-7-25-21-14)19-12-5-8-26(23,24)9-6-12/h10,12,23-24H,3-9H2,1-2H3,(H,18,19). The number of nitrogens with zero attached hydrogens (tertiary/aromatic N) is 4. The molecule has 0 spiro atoms. The zero-order valence-electron chi connectivity index (χ0n) is 15.1. The zero-order chi connectivity index (χ0) is 18.3. The van der Waals surface area contributed by atoms with Crippen molar-refractivity contribution in [3.05, 3.63) is 17.5 Å². The predicted octanol–water partition coefficient (Wildman–Crippen LogP) is 3.21. The van der Waals surface area contributed by atoms with Crippen molar-refractivity contribution < 1.29 is 13.9 Å². The van der Waals surface area contributed by atoms with Crippen molar-refractivity contribution in [1.29, 1.82) is 0 Å². The maximum atomic E-state index is 9.89. The highest BCUT2D eigenvalue weighted by Gasteiger charge is 2.27. The Morgan fingerprint density at radius 1 is 1.35 bits per heavy atom. The van der Waals surface area contributed by atoms with Gasteiger partial charge in [0.2, 0.25) is 0 Å². The van der Waals surface area contributed by atoms with Crippen LogP contribution < -0.4 is 5.32 Å². The molecule has 0 aliphatic carbocycles. The van der Waals surface area contributed by atoms with Gasteiger partial charge in [0, 0.05) is 42.3 Å². The fourth-order valence-corrected chi connectivity index (χ4v) is 5.19. The van der Waals surface area contributed by atoms with Crippen LogP contribution in [0.2, 0.25) is 0 Å². The van der Waals surface area contributed by atoms with Crippen LogP contribution in [0.4, 0.5) is 5.69 Å². The molecule has 0 saturated carbocycles. The second-order valence-corrected chi connectivity index (χ2v) is 9.32. The number of oxime groups is 1. The second kappa shape index (κ2) is 6.71. The van der Waals surface area contributed by atoms with Gasteiger partial charge in [-0.2, -0.15) is 15.7 Å². The van der Waals surface area contributed by atoms with E-state index in [1.807, 2.05) is 17.8 Å². The summed E-state index contributed by atoms with van der Waals surface area (Å²) in [6, 6.07) is 0.187.